The maximum atomic E-state index is 11.3. The highest BCUT2D eigenvalue weighted by atomic mass is 35.5. The van der Waals surface area contributed by atoms with Crippen LogP contribution in [0.3, 0.4) is 0 Å². The van der Waals surface area contributed by atoms with Crippen molar-refractivity contribution in [3.63, 3.8) is 0 Å². The van der Waals surface area contributed by atoms with Gasteiger partial charge in [0.15, 0.2) is 0 Å². The Hall–Kier alpha value is -2.33. The molecule has 0 saturated heterocycles. The normalized spacial score (nSPS) is 11.6. The van der Waals surface area contributed by atoms with Crippen LogP contribution in [0.1, 0.15) is 5.56 Å². The molecule has 0 spiro atoms. The Bertz CT molecular complexity index is 1130. The van der Waals surface area contributed by atoms with E-state index in [0.717, 1.165) is 41.9 Å². The summed E-state index contributed by atoms with van der Waals surface area (Å²) in [5.41, 5.74) is 7.13. The van der Waals surface area contributed by atoms with Gasteiger partial charge in [-0.05, 0) is 29.8 Å². The second-order valence-electron chi connectivity index (χ2n) is 6.82. The topological polar surface area (TPSA) is 86.7 Å². The fourth-order valence-electron chi connectivity index (χ4n) is 2.89. The summed E-state index contributed by atoms with van der Waals surface area (Å²) in [6.45, 7) is 1.49. The number of halogens is 2. The Kier molecular flexibility index (Phi) is 8.75. The highest BCUT2D eigenvalue weighted by Gasteiger charge is 2.07. The molecule has 2 aromatic carbocycles. The van der Waals surface area contributed by atoms with Gasteiger partial charge in [0.05, 0.1) is 18.2 Å². The van der Waals surface area contributed by atoms with Gasteiger partial charge in [-0.3, -0.25) is 10.1 Å². The molecule has 0 aliphatic carbocycles. The molecule has 0 aliphatic heterocycles. The smallest absolute Gasteiger partial charge is 0.229 e. The van der Waals surface area contributed by atoms with Gasteiger partial charge in [0, 0.05) is 47.2 Å². The minimum absolute atomic E-state index is 0.508. The van der Waals surface area contributed by atoms with Gasteiger partial charge in [-0.25, -0.2) is 13.4 Å². The standard InChI is InChI=1S/C21H23Cl2N5O2S2/c1-32(29,30)27-18-6-4-17(5-7-18)20-15-31-21(25-20)26-24-14-16-2-8-19(9-3-16)28(12-10-22)13-11-23/h2-9,14-15,27H,10-13H2,1H3,(H,25,26)/b24-14+. The number of hydrogen-bond donors (Lipinski definition) is 2. The Morgan fingerprint density at radius 2 is 1.72 bits per heavy atom. The van der Waals surface area contributed by atoms with E-state index in [9.17, 15) is 8.42 Å². The lowest BCUT2D eigenvalue weighted by molar-refractivity contribution is 0.607. The van der Waals surface area contributed by atoms with E-state index in [1.54, 1.807) is 18.3 Å². The second kappa shape index (κ2) is 11.5. The van der Waals surface area contributed by atoms with E-state index in [1.807, 2.05) is 41.8 Å². The quantitative estimate of drug-likeness (QED) is 0.217. The third kappa shape index (κ3) is 7.37. The van der Waals surface area contributed by atoms with Crippen LogP contribution in [0.15, 0.2) is 59.0 Å². The molecule has 11 heteroatoms. The molecule has 0 unspecified atom stereocenters. The van der Waals surface area contributed by atoms with Crippen molar-refractivity contribution < 1.29 is 8.42 Å². The molecule has 1 heterocycles. The summed E-state index contributed by atoms with van der Waals surface area (Å²) < 4.78 is 25.1. The monoisotopic (exact) mass is 511 g/mol. The number of benzene rings is 2. The van der Waals surface area contributed by atoms with Gasteiger partial charge in [-0.15, -0.1) is 34.5 Å². The summed E-state index contributed by atoms with van der Waals surface area (Å²) in [7, 11) is -3.30. The van der Waals surface area contributed by atoms with E-state index in [4.69, 9.17) is 23.2 Å². The first-order valence-corrected chi connectivity index (χ1v) is 13.5. The number of aromatic nitrogens is 1. The third-order valence-corrected chi connectivity index (χ3v) is 6.02. The average molecular weight is 512 g/mol. The van der Waals surface area contributed by atoms with E-state index in [0.29, 0.717) is 22.6 Å². The zero-order valence-electron chi connectivity index (χ0n) is 17.3. The van der Waals surface area contributed by atoms with Crippen molar-refractivity contribution in [1.82, 2.24) is 4.98 Å². The largest absolute Gasteiger partial charge is 0.369 e. The Labute approximate surface area is 202 Å². The van der Waals surface area contributed by atoms with Gasteiger partial charge in [-0.2, -0.15) is 5.10 Å². The number of alkyl halides is 2. The van der Waals surface area contributed by atoms with E-state index < -0.39 is 10.0 Å². The minimum Gasteiger partial charge on any atom is -0.369 e. The molecule has 3 rings (SSSR count). The number of anilines is 3. The Balaban J connectivity index is 1.59. The number of sulfonamides is 1. The van der Waals surface area contributed by atoms with Crippen molar-refractivity contribution in [3.8, 4) is 11.3 Å². The highest BCUT2D eigenvalue weighted by molar-refractivity contribution is 7.92. The van der Waals surface area contributed by atoms with Crippen molar-refractivity contribution in [2.24, 2.45) is 5.10 Å². The molecular weight excluding hydrogens is 489 g/mol. The predicted molar refractivity (Wildman–Crippen MR) is 137 cm³/mol. The molecule has 0 bridgehead atoms. The molecule has 3 aromatic rings. The summed E-state index contributed by atoms with van der Waals surface area (Å²) in [6.07, 6.45) is 2.84. The molecule has 0 aliphatic rings. The first-order chi connectivity index (χ1) is 15.4. The van der Waals surface area contributed by atoms with Crippen molar-refractivity contribution in [2.75, 3.05) is 46.2 Å². The van der Waals surface area contributed by atoms with Gasteiger partial charge in [0.2, 0.25) is 15.2 Å². The third-order valence-electron chi connectivity index (χ3n) is 4.33. The van der Waals surface area contributed by atoms with E-state index in [-0.39, 0.29) is 0 Å². The van der Waals surface area contributed by atoms with Crippen LogP contribution >= 0.6 is 34.5 Å². The van der Waals surface area contributed by atoms with Crippen molar-refractivity contribution >= 4 is 67.3 Å². The number of nitrogens with one attached hydrogen (secondary N) is 2. The molecule has 1 aromatic heterocycles. The van der Waals surface area contributed by atoms with E-state index in [1.165, 1.54) is 11.3 Å². The molecular formula is C21H23Cl2N5O2S2. The van der Waals surface area contributed by atoms with Crippen molar-refractivity contribution in [2.45, 2.75) is 0 Å². The molecule has 0 atom stereocenters. The lowest BCUT2D eigenvalue weighted by Crippen LogP contribution is -2.27. The molecule has 32 heavy (non-hydrogen) atoms. The van der Waals surface area contributed by atoms with Crippen molar-refractivity contribution in [1.29, 1.82) is 0 Å². The minimum atomic E-state index is -3.30. The fraction of sp³-hybridized carbons (Fsp3) is 0.238. The Morgan fingerprint density at radius 1 is 1.06 bits per heavy atom. The number of nitrogens with zero attached hydrogens (tertiary/aromatic N) is 3. The summed E-state index contributed by atoms with van der Waals surface area (Å²) in [6, 6.07) is 15.0. The summed E-state index contributed by atoms with van der Waals surface area (Å²) in [5.74, 6) is 1.09. The lowest BCUT2D eigenvalue weighted by Gasteiger charge is -2.22. The number of thiazole rings is 1. The van der Waals surface area contributed by atoms with E-state index >= 15 is 0 Å². The molecule has 0 amide bonds. The lowest BCUT2D eigenvalue weighted by atomic mass is 10.1. The van der Waals surface area contributed by atoms with Gasteiger partial charge in [-0.1, -0.05) is 24.3 Å². The molecule has 7 nitrogen and oxygen atoms in total. The number of hydrazone groups is 1. The number of rotatable bonds is 11. The molecule has 0 fully saturated rings. The van der Waals surface area contributed by atoms with Gasteiger partial charge in [0.25, 0.3) is 0 Å². The zero-order valence-corrected chi connectivity index (χ0v) is 20.5. The van der Waals surface area contributed by atoms with Crippen molar-refractivity contribution in [3.05, 3.63) is 59.5 Å². The van der Waals surface area contributed by atoms with Crippen LogP contribution in [-0.4, -0.2) is 50.7 Å². The SMILES string of the molecule is CS(=O)(=O)Nc1ccc(-c2csc(N/N=C/c3ccc(N(CCCl)CCCl)cc3)n2)cc1. The molecule has 0 radical (unpaired) electrons. The van der Waals surface area contributed by atoms with Crippen LogP contribution in [0.25, 0.3) is 11.3 Å². The first kappa shape index (κ1) is 24.3. The predicted octanol–water partition coefficient (Wildman–Crippen LogP) is 4.91. The van der Waals surface area contributed by atoms with Gasteiger partial charge >= 0.3 is 0 Å². The van der Waals surface area contributed by atoms with Crippen LogP contribution in [0.5, 0.6) is 0 Å². The second-order valence-corrected chi connectivity index (χ2v) is 10.2. The van der Waals surface area contributed by atoms with Crippen LogP contribution in [0, 0.1) is 0 Å². The van der Waals surface area contributed by atoms with E-state index in [2.05, 4.69) is 25.1 Å². The fourth-order valence-corrected chi connectivity index (χ4v) is 4.53. The van der Waals surface area contributed by atoms with Crippen LogP contribution in [-0.2, 0) is 10.0 Å². The summed E-state index contributed by atoms with van der Waals surface area (Å²) >= 11 is 13.2. The molecule has 2 N–H and O–H groups in total. The molecule has 170 valence electrons. The first-order valence-electron chi connectivity index (χ1n) is 9.68. The maximum Gasteiger partial charge on any atom is 0.229 e. The number of hydrogen-bond acceptors (Lipinski definition) is 7. The maximum absolute atomic E-state index is 11.3. The zero-order chi connectivity index (χ0) is 23.0. The molecule has 0 saturated carbocycles. The van der Waals surface area contributed by atoms with Crippen LogP contribution in [0.2, 0.25) is 0 Å². The van der Waals surface area contributed by atoms with Gasteiger partial charge in [0.1, 0.15) is 0 Å². The van der Waals surface area contributed by atoms with Crippen LogP contribution in [0.4, 0.5) is 16.5 Å². The average Bonchev–Trinajstić information content (AvgIpc) is 3.22. The highest BCUT2D eigenvalue weighted by Crippen LogP contribution is 2.26. The Morgan fingerprint density at radius 3 is 2.31 bits per heavy atom. The van der Waals surface area contributed by atoms with Crippen LogP contribution < -0.4 is 15.0 Å². The summed E-state index contributed by atoms with van der Waals surface area (Å²) in [5, 5.41) is 6.83. The summed E-state index contributed by atoms with van der Waals surface area (Å²) in [4.78, 5) is 6.66. The van der Waals surface area contributed by atoms with Gasteiger partial charge < -0.3 is 4.90 Å².